The molecule has 1 aliphatic carbocycles. The largest absolute Gasteiger partial charge is 0.496 e. The number of amides is 1. The van der Waals surface area contributed by atoms with Crippen LogP contribution in [0.5, 0.6) is 5.75 Å². The molecule has 0 aromatic heterocycles. The Morgan fingerprint density at radius 1 is 1.06 bits per heavy atom. The van der Waals surface area contributed by atoms with Gasteiger partial charge in [-0.2, -0.15) is 17.9 Å². The number of benzene rings is 2. The van der Waals surface area contributed by atoms with E-state index in [4.69, 9.17) is 14.9 Å². The van der Waals surface area contributed by atoms with Gasteiger partial charge in [-0.25, -0.2) is 0 Å². The van der Waals surface area contributed by atoms with Crippen LogP contribution in [0.15, 0.2) is 54.6 Å². The molecular formula is C24H33N3O6S. The second-order valence-electron chi connectivity index (χ2n) is 8.60. The number of rotatable bonds is 11. The summed E-state index contributed by atoms with van der Waals surface area (Å²) >= 11 is 0. The number of ether oxygens (including phenoxy) is 1. The first-order valence-corrected chi connectivity index (χ1v) is 12.8. The summed E-state index contributed by atoms with van der Waals surface area (Å²) in [5.74, 6) is 0.280. The van der Waals surface area contributed by atoms with E-state index in [2.05, 4.69) is 14.8 Å². The normalized spacial score (nSPS) is 20.8. The maximum Gasteiger partial charge on any atom is 0.277 e. The van der Waals surface area contributed by atoms with Crippen molar-refractivity contribution in [2.75, 3.05) is 26.9 Å². The Morgan fingerprint density at radius 3 is 2.29 bits per heavy atom. The molecule has 1 saturated carbocycles. The van der Waals surface area contributed by atoms with Gasteiger partial charge in [0, 0.05) is 18.0 Å². The van der Waals surface area contributed by atoms with Gasteiger partial charge in [0.05, 0.1) is 31.9 Å². The first-order valence-electron chi connectivity index (χ1n) is 11.3. The molecule has 0 saturated heterocycles. The van der Waals surface area contributed by atoms with Gasteiger partial charge >= 0.3 is 0 Å². The van der Waals surface area contributed by atoms with Crippen LogP contribution in [0.4, 0.5) is 0 Å². The number of nitrogens with one attached hydrogen (secondary N) is 3. The van der Waals surface area contributed by atoms with E-state index in [1.165, 1.54) is 7.11 Å². The molecule has 0 unspecified atom stereocenters. The number of para-hydroxylation sites is 1. The van der Waals surface area contributed by atoms with Crippen LogP contribution < -0.4 is 19.5 Å². The molecule has 0 atom stereocenters. The van der Waals surface area contributed by atoms with Crippen LogP contribution in [0.3, 0.4) is 0 Å². The summed E-state index contributed by atoms with van der Waals surface area (Å²) in [6, 6.07) is 15.7. The summed E-state index contributed by atoms with van der Waals surface area (Å²) in [6.45, 7) is -0.584. The molecule has 0 radical (unpaired) electrons. The molecule has 34 heavy (non-hydrogen) atoms. The summed E-state index contributed by atoms with van der Waals surface area (Å²) in [4.78, 5) is 12.9. The third-order valence-corrected chi connectivity index (χ3v) is 7.64. The fourth-order valence-electron chi connectivity index (χ4n) is 4.43. The smallest absolute Gasteiger partial charge is 0.277 e. The summed E-state index contributed by atoms with van der Waals surface area (Å²) in [7, 11) is -2.35. The van der Waals surface area contributed by atoms with E-state index < -0.39 is 29.5 Å². The number of methoxy groups -OCH3 is 1. The lowest BCUT2D eigenvalue weighted by atomic mass is 9.68. The van der Waals surface area contributed by atoms with E-state index in [0.29, 0.717) is 43.5 Å². The van der Waals surface area contributed by atoms with Crippen LogP contribution in [0, 0.1) is 0 Å². The van der Waals surface area contributed by atoms with Crippen LogP contribution >= 0.6 is 0 Å². The van der Waals surface area contributed by atoms with Crippen molar-refractivity contribution in [3.63, 3.8) is 0 Å². The zero-order valence-corrected chi connectivity index (χ0v) is 20.1. The number of carbonyl (C=O) groups is 1. The molecule has 2 aromatic carbocycles. The highest BCUT2D eigenvalue weighted by molar-refractivity contribution is 7.87. The van der Waals surface area contributed by atoms with Crippen LogP contribution in [-0.4, -0.2) is 63.5 Å². The van der Waals surface area contributed by atoms with Gasteiger partial charge in [-0.15, -0.1) is 0 Å². The van der Waals surface area contributed by atoms with Gasteiger partial charge in [0.2, 0.25) is 0 Å². The minimum atomic E-state index is -3.88. The topological polar surface area (TPSA) is 137 Å². The molecule has 0 heterocycles. The molecule has 186 valence electrons. The van der Waals surface area contributed by atoms with E-state index in [0.717, 1.165) is 5.56 Å². The molecule has 3 rings (SSSR count). The third-order valence-electron chi connectivity index (χ3n) is 6.35. The maximum absolute atomic E-state index is 12.9. The Labute approximate surface area is 200 Å². The SMILES string of the molecule is COc1ccccc1C(=O)NCC1(c2ccccc2)CCC(NS(=O)(=O)NC(CO)CO)CC1. The Morgan fingerprint density at radius 2 is 1.68 bits per heavy atom. The van der Waals surface area contributed by atoms with Gasteiger partial charge in [-0.05, 0) is 43.4 Å². The number of aliphatic hydroxyl groups is 2. The Bertz CT molecular complexity index is 1040. The highest BCUT2D eigenvalue weighted by Gasteiger charge is 2.38. The number of hydrogen-bond donors (Lipinski definition) is 5. The van der Waals surface area contributed by atoms with Gasteiger partial charge in [-0.3, -0.25) is 4.79 Å². The lowest BCUT2D eigenvalue weighted by Gasteiger charge is -2.41. The zero-order chi connectivity index (χ0) is 24.6. The van der Waals surface area contributed by atoms with E-state index in [9.17, 15) is 13.2 Å². The number of carbonyl (C=O) groups excluding carboxylic acids is 1. The lowest BCUT2D eigenvalue weighted by Crippen LogP contribution is -2.52. The van der Waals surface area contributed by atoms with Crippen molar-refractivity contribution in [1.29, 1.82) is 0 Å². The van der Waals surface area contributed by atoms with Crippen LogP contribution in [0.1, 0.15) is 41.6 Å². The van der Waals surface area contributed by atoms with E-state index in [1.54, 1.807) is 18.2 Å². The molecular weight excluding hydrogens is 458 g/mol. The molecule has 1 aliphatic rings. The highest BCUT2D eigenvalue weighted by Crippen LogP contribution is 2.39. The van der Waals surface area contributed by atoms with Crippen molar-refractivity contribution in [1.82, 2.24) is 14.8 Å². The Kier molecular flexibility index (Phi) is 9.03. The van der Waals surface area contributed by atoms with Gasteiger partial charge in [0.25, 0.3) is 16.1 Å². The predicted octanol–water partition coefficient (Wildman–Crippen LogP) is 1.08. The van der Waals surface area contributed by atoms with Crippen LogP contribution in [0.25, 0.3) is 0 Å². The minimum Gasteiger partial charge on any atom is -0.496 e. The van der Waals surface area contributed by atoms with Crippen LogP contribution in [0.2, 0.25) is 0 Å². The Balaban J connectivity index is 1.70. The van der Waals surface area contributed by atoms with Gasteiger partial charge in [0.15, 0.2) is 0 Å². The zero-order valence-electron chi connectivity index (χ0n) is 19.2. The number of aliphatic hydroxyl groups excluding tert-OH is 2. The monoisotopic (exact) mass is 491 g/mol. The van der Waals surface area contributed by atoms with Crippen molar-refractivity contribution < 1.29 is 28.2 Å². The second-order valence-corrected chi connectivity index (χ2v) is 10.1. The van der Waals surface area contributed by atoms with Crippen molar-refractivity contribution in [2.45, 2.75) is 43.2 Å². The molecule has 0 aliphatic heterocycles. The van der Waals surface area contributed by atoms with Crippen molar-refractivity contribution in [2.24, 2.45) is 0 Å². The van der Waals surface area contributed by atoms with E-state index >= 15 is 0 Å². The molecule has 1 fully saturated rings. The molecule has 10 heteroatoms. The molecule has 1 amide bonds. The quantitative estimate of drug-likeness (QED) is 0.319. The van der Waals surface area contributed by atoms with Gasteiger partial charge in [0.1, 0.15) is 5.75 Å². The standard InChI is InChI=1S/C24H33N3O6S/c1-33-22-10-6-5-9-21(22)23(30)25-17-24(18-7-3-2-4-8-18)13-11-19(12-14-24)26-34(31,32)27-20(15-28)16-29/h2-10,19-20,26-29H,11-17H2,1H3,(H,25,30). The molecule has 9 nitrogen and oxygen atoms in total. The molecule has 2 aromatic rings. The number of hydrogen-bond acceptors (Lipinski definition) is 6. The highest BCUT2D eigenvalue weighted by atomic mass is 32.2. The predicted molar refractivity (Wildman–Crippen MR) is 129 cm³/mol. The van der Waals surface area contributed by atoms with E-state index in [1.807, 2.05) is 36.4 Å². The minimum absolute atomic E-state index is 0.223. The lowest BCUT2D eigenvalue weighted by molar-refractivity contribution is 0.0932. The average Bonchev–Trinajstić information content (AvgIpc) is 2.87. The second kappa shape index (κ2) is 11.8. The summed E-state index contributed by atoms with van der Waals surface area (Å²) in [5, 5.41) is 21.4. The van der Waals surface area contributed by atoms with Gasteiger partial charge < -0.3 is 20.3 Å². The molecule has 5 N–H and O–H groups in total. The molecule has 0 bridgehead atoms. The fraction of sp³-hybridized carbons (Fsp3) is 0.458. The third kappa shape index (κ3) is 6.55. The first kappa shape index (κ1) is 26.1. The van der Waals surface area contributed by atoms with Crippen LogP contribution in [-0.2, 0) is 15.6 Å². The molecule has 0 spiro atoms. The summed E-state index contributed by atoms with van der Waals surface area (Å²) in [6.07, 6.45) is 2.48. The Hall–Kier alpha value is -2.50. The summed E-state index contributed by atoms with van der Waals surface area (Å²) in [5.41, 5.74) is 1.21. The fourth-order valence-corrected chi connectivity index (χ4v) is 5.76. The van der Waals surface area contributed by atoms with Gasteiger partial charge in [-0.1, -0.05) is 42.5 Å². The maximum atomic E-state index is 12.9. The first-order chi connectivity index (χ1) is 16.3. The van der Waals surface area contributed by atoms with Crippen molar-refractivity contribution >= 4 is 16.1 Å². The van der Waals surface area contributed by atoms with Crippen molar-refractivity contribution in [3.8, 4) is 5.75 Å². The van der Waals surface area contributed by atoms with E-state index in [-0.39, 0.29) is 17.4 Å². The average molecular weight is 492 g/mol. The summed E-state index contributed by atoms with van der Waals surface area (Å²) < 4.78 is 34.9. The van der Waals surface area contributed by atoms with Crippen molar-refractivity contribution in [3.05, 3.63) is 65.7 Å².